The largest absolute Gasteiger partial charge is 0.394 e. The third-order valence-corrected chi connectivity index (χ3v) is 3.94. The molecule has 0 aromatic carbocycles. The molecule has 0 aromatic heterocycles. The van der Waals surface area contributed by atoms with Gasteiger partial charge in [0.1, 0.15) is 48.8 Å². The zero-order valence-corrected chi connectivity index (χ0v) is 11.4. The molecule has 7 N–H and O–H groups in total. The molecule has 9 atom stereocenters. The van der Waals surface area contributed by atoms with Crippen molar-refractivity contribution in [2.45, 2.75) is 61.9 Å². The van der Waals surface area contributed by atoms with E-state index in [2.05, 4.69) is 0 Å². The van der Waals surface area contributed by atoms with Crippen LogP contribution in [0.15, 0.2) is 0 Å². The third-order valence-electron chi connectivity index (χ3n) is 3.94. The molecule has 2 saturated heterocycles. The van der Waals surface area contributed by atoms with Crippen molar-refractivity contribution in [2.24, 2.45) is 0 Å². The van der Waals surface area contributed by atoms with Crippen LogP contribution in [0.3, 0.4) is 0 Å². The minimum atomic E-state index is -1.64. The van der Waals surface area contributed by atoms with Gasteiger partial charge in [0.05, 0.1) is 12.7 Å². The summed E-state index contributed by atoms with van der Waals surface area (Å²) >= 11 is 0. The van der Waals surface area contributed by atoms with Crippen LogP contribution in [-0.4, -0.2) is 97.3 Å². The maximum atomic E-state index is 9.96. The number of aliphatic hydroxyl groups is 7. The third kappa shape index (κ3) is 2.93. The minimum absolute atomic E-state index is 0.266. The predicted molar refractivity (Wildman–Crippen MR) is 65.6 cm³/mol. The van der Waals surface area contributed by atoms with Gasteiger partial charge in [0, 0.05) is 0 Å². The summed E-state index contributed by atoms with van der Waals surface area (Å²) < 4.78 is 10.5. The van der Waals surface area contributed by atoms with E-state index < -0.39 is 61.5 Å². The Labute approximate surface area is 121 Å². The van der Waals surface area contributed by atoms with Crippen LogP contribution < -0.4 is 0 Å². The predicted octanol–water partition coefficient (Wildman–Crippen LogP) is -4.14. The van der Waals surface area contributed by atoms with E-state index in [1.54, 1.807) is 0 Å². The lowest BCUT2D eigenvalue weighted by Gasteiger charge is -2.47. The van der Waals surface area contributed by atoms with E-state index in [0.717, 1.165) is 0 Å². The number of ether oxygens (including phenoxy) is 2. The highest BCUT2D eigenvalue weighted by molar-refractivity contribution is 5.11. The molecule has 1 radical (unpaired) electrons. The minimum Gasteiger partial charge on any atom is -0.394 e. The summed E-state index contributed by atoms with van der Waals surface area (Å²) in [7, 11) is 0. The van der Waals surface area contributed by atoms with E-state index in [-0.39, 0.29) is 6.10 Å². The van der Waals surface area contributed by atoms with Gasteiger partial charge in [-0.1, -0.05) is 0 Å². The van der Waals surface area contributed by atoms with Crippen LogP contribution >= 0.6 is 0 Å². The molecule has 2 aliphatic heterocycles. The van der Waals surface area contributed by atoms with Crippen molar-refractivity contribution in [1.82, 2.24) is 0 Å². The van der Waals surface area contributed by atoms with Gasteiger partial charge in [-0.3, -0.25) is 0 Å². The Morgan fingerprint density at radius 3 is 2.05 bits per heavy atom. The standard InChI is InChI=1S/C12H21O9/c1-3-5(14)7(16)9(18)11(20-3)12-10(19)8(17)6(15)4(2-13)21-12/h3-10,12-19H,2H2,1H3/t3-,4-,5+,6+,7+,8+,9-,10-,12?/m1/s1. The van der Waals surface area contributed by atoms with Crippen molar-refractivity contribution < 1.29 is 45.2 Å². The highest BCUT2D eigenvalue weighted by atomic mass is 16.6. The molecule has 0 amide bonds. The second-order valence-electron chi connectivity index (χ2n) is 5.40. The molecule has 0 spiro atoms. The van der Waals surface area contributed by atoms with Gasteiger partial charge >= 0.3 is 0 Å². The van der Waals surface area contributed by atoms with Crippen molar-refractivity contribution >= 4 is 0 Å². The van der Waals surface area contributed by atoms with Crippen LogP contribution in [0.1, 0.15) is 6.92 Å². The Balaban J connectivity index is 2.19. The lowest BCUT2D eigenvalue weighted by molar-refractivity contribution is -0.265. The Kier molecular flexibility index (Phi) is 5.19. The molecule has 0 saturated carbocycles. The van der Waals surface area contributed by atoms with Crippen molar-refractivity contribution in [3.05, 3.63) is 6.10 Å². The molecule has 9 nitrogen and oxygen atoms in total. The quantitative estimate of drug-likeness (QED) is 0.269. The fourth-order valence-electron chi connectivity index (χ4n) is 2.56. The first kappa shape index (κ1) is 17.0. The van der Waals surface area contributed by atoms with Crippen molar-refractivity contribution in [1.29, 1.82) is 0 Å². The molecule has 2 heterocycles. The molecule has 0 bridgehead atoms. The van der Waals surface area contributed by atoms with E-state index in [1.165, 1.54) is 6.92 Å². The van der Waals surface area contributed by atoms with Crippen molar-refractivity contribution in [3.63, 3.8) is 0 Å². The lowest BCUT2D eigenvalue weighted by atomic mass is 9.86. The average molecular weight is 309 g/mol. The second-order valence-corrected chi connectivity index (χ2v) is 5.40. The summed E-state index contributed by atoms with van der Waals surface area (Å²) in [6, 6.07) is 0. The SMILES string of the molecule is C[C@H]1O[C](C2O[C@H](CO)[C@H](O)[C@H](O)[C@H]2O)[C@H](O)[C@@H](O)[C@H]1O. The first-order chi connectivity index (χ1) is 9.79. The molecule has 123 valence electrons. The van der Waals surface area contributed by atoms with Crippen LogP contribution in [0.5, 0.6) is 0 Å². The molecule has 1 unspecified atom stereocenters. The van der Waals surface area contributed by atoms with Gasteiger partial charge < -0.3 is 45.2 Å². The van der Waals surface area contributed by atoms with Gasteiger partial charge in [-0.25, -0.2) is 0 Å². The smallest absolute Gasteiger partial charge is 0.160 e. The summed E-state index contributed by atoms with van der Waals surface area (Å²) in [6.07, 6.45) is -12.9. The number of hydrogen-bond donors (Lipinski definition) is 7. The fraction of sp³-hybridized carbons (Fsp3) is 0.917. The highest BCUT2D eigenvalue weighted by Gasteiger charge is 2.53. The van der Waals surface area contributed by atoms with Gasteiger partial charge in [0.25, 0.3) is 0 Å². The van der Waals surface area contributed by atoms with E-state index >= 15 is 0 Å². The Hall–Kier alpha value is -0.360. The Morgan fingerprint density at radius 2 is 1.48 bits per heavy atom. The van der Waals surface area contributed by atoms with E-state index in [4.69, 9.17) is 14.6 Å². The molecule has 0 aromatic rings. The first-order valence-corrected chi connectivity index (χ1v) is 6.67. The van der Waals surface area contributed by atoms with Gasteiger partial charge in [-0.15, -0.1) is 0 Å². The Bertz CT molecular complexity index is 352. The monoisotopic (exact) mass is 309 g/mol. The van der Waals surface area contributed by atoms with Crippen molar-refractivity contribution in [2.75, 3.05) is 6.61 Å². The number of hydrogen-bond acceptors (Lipinski definition) is 9. The van der Waals surface area contributed by atoms with E-state index in [9.17, 15) is 30.6 Å². The number of rotatable bonds is 2. The molecule has 2 rings (SSSR count). The van der Waals surface area contributed by atoms with Crippen LogP contribution in [0.2, 0.25) is 0 Å². The molecule has 2 fully saturated rings. The zero-order valence-electron chi connectivity index (χ0n) is 11.4. The molecule has 2 aliphatic rings. The Morgan fingerprint density at radius 1 is 0.857 bits per heavy atom. The van der Waals surface area contributed by atoms with Crippen LogP contribution in [-0.2, 0) is 9.47 Å². The van der Waals surface area contributed by atoms with Gasteiger partial charge in [-0.05, 0) is 6.92 Å². The highest BCUT2D eigenvalue weighted by Crippen LogP contribution is 2.35. The fourth-order valence-corrected chi connectivity index (χ4v) is 2.56. The molecule has 0 aliphatic carbocycles. The van der Waals surface area contributed by atoms with Crippen LogP contribution in [0, 0.1) is 6.10 Å². The van der Waals surface area contributed by atoms with Crippen LogP contribution in [0.4, 0.5) is 0 Å². The summed E-state index contributed by atoms with van der Waals surface area (Å²) in [5.41, 5.74) is 0. The summed E-state index contributed by atoms with van der Waals surface area (Å²) in [6.45, 7) is 0.829. The maximum absolute atomic E-state index is 9.96. The molecule has 21 heavy (non-hydrogen) atoms. The zero-order chi connectivity index (χ0) is 15.9. The van der Waals surface area contributed by atoms with E-state index in [0.29, 0.717) is 0 Å². The second kappa shape index (κ2) is 6.41. The number of aliphatic hydroxyl groups excluding tert-OH is 7. The summed E-state index contributed by atoms with van der Waals surface area (Å²) in [4.78, 5) is 0. The molecular weight excluding hydrogens is 288 g/mol. The summed E-state index contributed by atoms with van der Waals surface area (Å²) in [5, 5.41) is 67.8. The normalized spacial score (nSPS) is 52.9. The maximum Gasteiger partial charge on any atom is 0.160 e. The van der Waals surface area contributed by atoms with Crippen LogP contribution in [0.25, 0.3) is 0 Å². The van der Waals surface area contributed by atoms with Gasteiger partial charge in [0.15, 0.2) is 6.10 Å². The average Bonchev–Trinajstić information content (AvgIpc) is 2.47. The van der Waals surface area contributed by atoms with Crippen molar-refractivity contribution in [3.8, 4) is 0 Å². The lowest BCUT2D eigenvalue weighted by Crippen LogP contribution is -2.64. The molecule has 9 heteroatoms. The topological polar surface area (TPSA) is 160 Å². The van der Waals surface area contributed by atoms with Gasteiger partial charge in [-0.2, -0.15) is 0 Å². The van der Waals surface area contributed by atoms with E-state index in [1.807, 2.05) is 0 Å². The molecular formula is C12H21O9. The summed E-state index contributed by atoms with van der Waals surface area (Å²) in [5.74, 6) is 0. The van der Waals surface area contributed by atoms with Gasteiger partial charge in [0.2, 0.25) is 0 Å². The first-order valence-electron chi connectivity index (χ1n) is 6.67.